The van der Waals surface area contributed by atoms with Crippen molar-refractivity contribution in [3.63, 3.8) is 0 Å². The zero-order valence-corrected chi connectivity index (χ0v) is 10.4. The van der Waals surface area contributed by atoms with Crippen molar-refractivity contribution < 1.29 is 4.39 Å². The minimum Gasteiger partial charge on any atom is -0.244 e. The molecule has 1 heteroatoms. The first-order chi connectivity index (χ1) is 6.27. The third-order valence-electron chi connectivity index (χ3n) is 3.09. The molecule has 0 N–H and O–H groups in total. The number of allylic oxidation sites excluding steroid dienone is 1. The van der Waals surface area contributed by atoms with Crippen LogP contribution in [0.25, 0.3) is 0 Å². The van der Waals surface area contributed by atoms with E-state index in [1.54, 1.807) is 6.92 Å². The first kappa shape index (κ1) is 13.7. The molecule has 0 saturated carbocycles. The van der Waals surface area contributed by atoms with Crippen LogP contribution in [0.2, 0.25) is 0 Å². The van der Waals surface area contributed by atoms with Crippen molar-refractivity contribution in [2.24, 2.45) is 11.8 Å². The van der Waals surface area contributed by atoms with Gasteiger partial charge in [-0.1, -0.05) is 45.8 Å². The predicted octanol–water partition coefficient (Wildman–Crippen LogP) is 4.75. The van der Waals surface area contributed by atoms with Gasteiger partial charge < -0.3 is 0 Å². The largest absolute Gasteiger partial charge is 0.244 e. The number of rotatable bonds is 6. The van der Waals surface area contributed by atoms with Crippen molar-refractivity contribution in [2.45, 2.75) is 59.5 Å². The molecular weight excluding hydrogens is 175 g/mol. The summed E-state index contributed by atoms with van der Waals surface area (Å²) < 4.78 is 14.1. The van der Waals surface area contributed by atoms with Crippen molar-refractivity contribution in [2.75, 3.05) is 0 Å². The second-order valence-electron chi connectivity index (χ2n) is 5.13. The number of halogens is 1. The second-order valence-corrected chi connectivity index (χ2v) is 5.13. The maximum absolute atomic E-state index is 14.1. The Hall–Kier alpha value is -0.330. The second kappa shape index (κ2) is 5.53. The first-order valence-corrected chi connectivity index (χ1v) is 5.61. The van der Waals surface area contributed by atoms with E-state index in [0.717, 1.165) is 18.4 Å². The zero-order chi connectivity index (χ0) is 11.4. The molecule has 0 aliphatic carbocycles. The van der Waals surface area contributed by atoms with E-state index in [9.17, 15) is 4.39 Å². The third kappa shape index (κ3) is 4.78. The van der Waals surface area contributed by atoms with Crippen molar-refractivity contribution >= 4 is 0 Å². The van der Waals surface area contributed by atoms with Gasteiger partial charge in [0.2, 0.25) is 0 Å². The minimum absolute atomic E-state index is 0.0327. The van der Waals surface area contributed by atoms with Crippen LogP contribution in [0.5, 0.6) is 0 Å². The van der Waals surface area contributed by atoms with Crippen LogP contribution in [0.4, 0.5) is 4.39 Å². The Balaban J connectivity index is 4.00. The van der Waals surface area contributed by atoms with Gasteiger partial charge >= 0.3 is 0 Å². The molecule has 0 fully saturated rings. The van der Waals surface area contributed by atoms with Gasteiger partial charge in [-0.15, -0.1) is 0 Å². The Labute approximate surface area is 88.6 Å². The first-order valence-electron chi connectivity index (χ1n) is 5.61. The van der Waals surface area contributed by atoms with E-state index >= 15 is 0 Å². The van der Waals surface area contributed by atoms with Crippen molar-refractivity contribution in [3.8, 4) is 0 Å². The van der Waals surface area contributed by atoms with Gasteiger partial charge in [0, 0.05) is 5.92 Å². The number of hydrogen-bond donors (Lipinski definition) is 0. The zero-order valence-electron chi connectivity index (χ0n) is 10.4. The summed E-state index contributed by atoms with van der Waals surface area (Å²) in [5.41, 5.74) is -0.139. The lowest BCUT2D eigenvalue weighted by molar-refractivity contribution is 0.116. The van der Waals surface area contributed by atoms with Crippen molar-refractivity contribution in [1.82, 2.24) is 0 Å². The highest BCUT2D eigenvalue weighted by molar-refractivity contribution is 5.02. The summed E-state index contributed by atoms with van der Waals surface area (Å²) in [7, 11) is 0. The van der Waals surface area contributed by atoms with E-state index in [0.29, 0.717) is 12.3 Å². The molecule has 0 aliphatic heterocycles. The van der Waals surface area contributed by atoms with E-state index in [1.807, 2.05) is 13.8 Å². The monoisotopic (exact) mass is 200 g/mol. The van der Waals surface area contributed by atoms with Gasteiger partial charge in [0.15, 0.2) is 0 Å². The van der Waals surface area contributed by atoms with Gasteiger partial charge in [-0.05, 0) is 26.2 Å². The topological polar surface area (TPSA) is 0 Å². The van der Waals surface area contributed by atoms with Crippen LogP contribution in [0.15, 0.2) is 12.2 Å². The molecule has 0 spiro atoms. The van der Waals surface area contributed by atoms with E-state index in [-0.39, 0.29) is 5.92 Å². The molecular formula is C13H25F. The van der Waals surface area contributed by atoms with Gasteiger partial charge in [0.25, 0.3) is 0 Å². The van der Waals surface area contributed by atoms with Crippen molar-refractivity contribution in [1.29, 1.82) is 0 Å². The van der Waals surface area contributed by atoms with Crippen LogP contribution in [-0.2, 0) is 0 Å². The average Bonchev–Trinajstić information content (AvgIpc) is 2.01. The Morgan fingerprint density at radius 2 is 1.86 bits per heavy atom. The standard InChI is InChI=1S/C13H25F/c1-10(2)8-7-9-13(6,14)12(5)11(3)4/h10,12H,3,7-9H2,1-2,4-6H3/t12-,13?/m0/s1. The number of alkyl halides is 1. The molecule has 1 unspecified atom stereocenters. The molecule has 0 heterocycles. The predicted molar refractivity (Wildman–Crippen MR) is 62.2 cm³/mol. The van der Waals surface area contributed by atoms with Gasteiger partial charge in [0.1, 0.15) is 5.67 Å². The smallest absolute Gasteiger partial charge is 0.114 e. The van der Waals surface area contributed by atoms with Crippen LogP contribution < -0.4 is 0 Å². The number of hydrogen-bond acceptors (Lipinski definition) is 0. The maximum atomic E-state index is 14.1. The van der Waals surface area contributed by atoms with E-state index in [4.69, 9.17) is 0 Å². The highest BCUT2D eigenvalue weighted by Gasteiger charge is 2.30. The van der Waals surface area contributed by atoms with Crippen LogP contribution >= 0.6 is 0 Å². The summed E-state index contributed by atoms with van der Waals surface area (Å²) in [5, 5.41) is 0. The lowest BCUT2D eigenvalue weighted by Crippen LogP contribution is -2.28. The molecule has 0 aromatic heterocycles. The lowest BCUT2D eigenvalue weighted by atomic mass is 9.83. The minimum atomic E-state index is -1.08. The molecule has 0 aromatic carbocycles. The lowest BCUT2D eigenvalue weighted by Gasteiger charge is -2.28. The molecule has 84 valence electrons. The Bertz CT molecular complexity index is 180. The van der Waals surface area contributed by atoms with E-state index in [2.05, 4.69) is 20.4 Å². The molecule has 0 amide bonds. The third-order valence-corrected chi connectivity index (χ3v) is 3.09. The normalized spacial score (nSPS) is 17.9. The molecule has 0 saturated heterocycles. The molecule has 0 aromatic rings. The summed E-state index contributed by atoms with van der Waals surface area (Å²) in [4.78, 5) is 0. The molecule has 0 rings (SSSR count). The van der Waals surface area contributed by atoms with E-state index < -0.39 is 5.67 Å². The Morgan fingerprint density at radius 1 is 1.36 bits per heavy atom. The molecule has 14 heavy (non-hydrogen) atoms. The molecule has 0 bridgehead atoms. The highest BCUT2D eigenvalue weighted by Crippen LogP contribution is 2.32. The fraction of sp³-hybridized carbons (Fsp3) is 0.846. The quantitative estimate of drug-likeness (QED) is 0.543. The van der Waals surface area contributed by atoms with Crippen LogP contribution in [0, 0.1) is 11.8 Å². The Kier molecular flexibility index (Phi) is 5.40. The molecule has 0 radical (unpaired) electrons. The Morgan fingerprint density at radius 3 is 2.21 bits per heavy atom. The summed E-state index contributed by atoms with van der Waals surface area (Å²) in [6, 6.07) is 0. The summed E-state index contributed by atoms with van der Waals surface area (Å²) in [6.07, 6.45) is 2.74. The summed E-state index contributed by atoms with van der Waals surface area (Å²) in [5.74, 6) is 0.639. The fourth-order valence-electron chi connectivity index (χ4n) is 1.59. The van der Waals surface area contributed by atoms with Gasteiger partial charge in [-0.3, -0.25) is 0 Å². The summed E-state index contributed by atoms with van der Waals surface area (Å²) in [6.45, 7) is 13.7. The fourth-order valence-corrected chi connectivity index (χ4v) is 1.59. The van der Waals surface area contributed by atoms with E-state index in [1.165, 1.54) is 0 Å². The SMILES string of the molecule is C=C(C)[C@H](C)C(C)(F)CCCC(C)C. The van der Waals surface area contributed by atoms with Gasteiger partial charge in [0.05, 0.1) is 0 Å². The van der Waals surface area contributed by atoms with Crippen molar-refractivity contribution in [3.05, 3.63) is 12.2 Å². The average molecular weight is 200 g/mol. The molecule has 0 nitrogen and oxygen atoms in total. The highest BCUT2D eigenvalue weighted by atomic mass is 19.1. The molecule has 0 aliphatic rings. The summed E-state index contributed by atoms with van der Waals surface area (Å²) >= 11 is 0. The van der Waals surface area contributed by atoms with Gasteiger partial charge in [-0.25, -0.2) is 4.39 Å². The maximum Gasteiger partial charge on any atom is 0.114 e. The molecule has 2 atom stereocenters. The van der Waals surface area contributed by atoms with Gasteiger partial charge in [-0.2, -0.15) is 0 Å². The van der Waals surface area contributed by atoms with Crippen LogP contribution in [0.3, 0.4) is 0 Å². The van der Waals surface area contributed by atoms with Crippen LogP contribution in [-0.4, -0.2) is 5.67 Å². The van der Waals surface area contributed by atoms with Crippen LogP contribution in [0.1, 0.15) is 53.9 Å².